The van der Waals surface area contributed by atoms with Gasteiger partial charge in [0, 0.05) is 12.8 Å². The Labute approximate surface area is 389 Å². The fourth-order valence-corrected chi connectivity index (χ4v) is 6.75. The normalized spacial score (nSPS) is 13.3. The fraction of sp³-hybridized carbons (Fsp3) is 0.636. The first kappa shape index (κ1) is 59.8. The zero-order valence-electron chi connectivity index (χ0n) is 40.2. The zero-order chi connectivity index (χ0) is 46.8. The summed E-state index contributed by atoms with van der Waals surface area (Å²) in [4.78, 5) is 47.8. The van der Waals surface area contributed by atoms with Gasteiger partial charge in [-0.3, -0.25) is 14.4 Å². The number of ether oxygens (including phenoxy) is 1. The molecule has 0 heterocycles. The third kappa shape index (κ3) is 44.4. The smallest absolute Gasteiger partial charge is 0.328 e. The van der Waals surface area contributed by atoms with Crippen molar-refractivity contribution in [2.24, 2.45) is 0 Å². The van der Waals surface area contributed by atoms with E-state index in [9.17, 15) is 19.2 Å². The van der Waals surface area contributed by atoms with Gasteiger partial charge in [0.05, 0.1) is 13.2 Å². The predicted octanol–water partition coefficient (Wildman–Crippen LogP) is 13.4. The Morgan fingerprint density at radius 1 is 0.484 bits per heavy atom. The van der Waals surface area contributed by atoms with E-state index in [0.717, 1.165) is 135 Å². The standard InChI is InChI=1S/C55H90N2O7/c1-3-5-7-9-11-13-15-17-18-19-20-21-22-23-24-25-26-28-30-32-34-39-43-47-54(61)64-50(44-40-36-33-31-29-27-16-14-12-10-8-6-4-2)45-41-37-35-38-42-46-52(59)56-48-53(60)57-51(49-58)55(62)63/h5,7,11,13,16-18,20-21,23-24,26-28,31,33,50-51,58H,3-4,6,8-10,12,14-15,19,22,25,29-30,32,34-49H2,1-2H3,(H,56,59)(H,57,60)(H,62,63)/b7-5-,13-11-,18-17-,21-20-,24-23-,27-16-,28-26-,33-31-. The molecule has 4 N–H and O–H groups in total. The van der Waals surface area contributed by atoms with Crippen LogP contribution in [0.5, 0.6) is 0 Å². The van der Waals surface area contributed by atoms with Crippen molar-refractivity contribution in [1.82, 2.24) is 10.6 Å². The maximum atomic E-state index is 12.9. The number of hydrogen-bond acceptors (Lipinski definition) is 6. The lowest BCUT2D eigenvalue weighted by Gasteiger charge is -2.18. The minimum absolute atomic E-state index is 0.0786. The Hall–Kier alpha value is -4.24. The van der Waals surface area contributed by atoms with E-state index in [1.54, 1.807) is 0 Å². The minimum atomic E-state index is -1.39. The molecule has 2 unspecified atom stereocenters. The second-order valence-electron chi connectivity index (χ2n) is 16.5. The van der Waals surface area contributed by atoms with Crippen LogP contribution >= 0.6 is 0 Å². The van der Waals surface area contributed by atoms with E-state index in [1.807, 2.05) is 0 Å². The summed E-state index contributed by atoms with van der Waals surface area (Å²) >= 11 is 0. The van der Waals surface area contributed by atoms with Crippen molar-refractivity contribution in [2.75, 3.05) is 13.2 Å². The van der Waals surface area contributed by atoms with Crippen LogP contribution in [0, 0.1) is 0 Å². The van der Waals surface area contributed by atoms with Gasteiger partial charge in [-0.25, -0.2) is 4.79 Å². The summed E-state index contributed by atoms with van der Waals surface area (Å²) in [6.07, 6.45) is 64.4. The van der Waals surface area contributed by atoms with E-state index in [2.05, 4.69) is 122 Å². The van der Waals surface area contributed by atoms with Crippen molar-refractivity contribution in [1.29, 1.82) is 0 Å². The van der Waals surface area contributed by atoms with Crippen LogP contribution < -0.4 is 10.6 Å². The van der Waals surface area contributed by atoms with E-state index in [0.29, 0.717) is 12.8 Å². The Bertz CT molecular complexity index is 1390. The molecule has 64 heavy (non-hydrogen) atoms. The molecule has 362 valence electrons. The minimum Gasteiger partial charge on any atom is -0.480 e. The number of aliphatic hydroxyl groups is 1. The molecule has 0 aliphatic carbocycles. The Balaban J connectivity index is 4.41. The molecule has 0 radical (unpaired) electrons. The second kappa shape index (κ2) is 48.2. The number of aliphatic hydroxyl groups excluding tert-OH is 1. The highest BCUT2D eigenvalue weighted by atomic mass is 16.5. The summed E-state index contributed by atoms with van der Waals surface area (Å²) in [5.74, 6) is -2.36. The van der Waals surface area contributed by atoms with Gasteiger partial charge in [-0.1, -0.05) is 169 Å². The Morgan fingerprint density at radius 3 is 1.41 bits per heavy atom. The highest BCUT2D eigenvalue weighted by Crippen LogP contribution is 2.17. The number of aliphatic carboxylic acids is 1. The first-order valence-electron chi connectivity index (χ1n) is 25.1. The van der Waals surface area contributed by atoms with Crippen molar-refractivity contribution >= 4 is 23.8 Å². The van der Waals surface area contributed by atoms with Crippen LogP contribution in [0.15, 0.2) is 97.2 Å². The number of nitrogens with one attached hydrogen (secondary N) is 2. The zero-order valence-corrected chi connectivity index (χ0v) is 40.2. The third-order valence-corrected chi connectivity index (χ3v) is 10.6. The van der Waals surface area contributed by atoms with Gasteiger partial charge in [0.2, 0.25) is 11.8 Å². The third-order valence-electron chi connectivity index (χ3n) is 10.6. The highest BCUT2D eigenvalue weighted by molar-refractivity contribution is 5.87. The molecule has 2 atom stereocenters. The number of allylic oxidation sites excluding steroid dienone is 16. The Morgan fingerprint density at radius 2 is 0.906 bits per heavy atom. The van der Waals surface area contributed by atoms with E-state index >= 15 is 0 Å². The molecule has 0 aromatic carbocycles. The molecule has 0 rings (SSSR count). The highest BCUT2D eigenvalue weighted by Gasteiger charge is 2.19. The lowest BCUT2D eigenvalue weighted by molar-refractivity contribution is -0.150. The molecule has 0 aromatic heterocycles. The fourth-order valence-electron chi connectivity index (χ4n) is 6.75. The Kier molecular flexibility index (Phi) is 45.0. The molecule has 9 nitrogen and oxygen atoms in total. The number of rotatable bonds is 44. The molecule has 0 saturated heterocycles. The SMILES string of the molecule is CC/C=C\C/C=C\C/C=C\C/C=C\C/C=C\C/C=C\CCCCCCC(=O)OC(CCC/C=C\C/C=C\CCCCCCC)CCCCCCCC(=O)NCC(=O)NC(CO)C(=O)O. The van der Waals surface area contributed by atoms with Crippen molar-refractivity contribution in [3.05, 3.63) is 97.2 Å². The summed E-state index contributed by atoms with van der Waals surface area (Å²) in [5.41, 5.74) is 0. The van der Waals surface area contributed by atoms with Crippen LogP contribution in [0.2, 0.25) is 0 Å². The van der Waals surface area contributed by atoms with Crippen molar-refractivity contribution in [3.8, 4) is 0 Å². The first-order chi connectivity index (χ1) is 31.3. The maximum absolute atomic E-state index is 12.9. The molecule has 0 bridgehead atoms. The van der Waals surface area contributed by atoms with Gasteiger partial charge in [0.1, 0.15) is 12.1 Å². The van der Waals surface area contributed by atoms with Gasteiger partial charge in [-0.2, -0.15) is 0 Å². The van der Waals surface area contributed by atoms with Crippen LogP contribution in [0.4, 0.5) is 0 Å². The van der Waals surface area contributed by atoms with Gasteiger partial charge in [0.25, 0.3) is 0 Å². The summed E-state index contributed by atoms with van der Waals surface area (Å²) in [6.45, 7) is 3.34. The van der Waals surface area contributed by atoms with Crippen molar-refractivity contribution in [3.63, 3.8) is 0 Å². The molecule has 0 aliphatic heterocycles. The van der Waals surface area contributed by atoms with Crippen LogP contribution in [-0.4, -0.2) is 59.3 Å². The van der Waals surface area contributed by atoms with E-state index in [1.165, 1.54) is 32.1 Å². The lowest BCUT2D eigenvalue weighted by Crippen LogP contribution is -2.47. The number of carbonyl (C=O) groups is 4. The van der Waals surface area contributed by atoms with Gasteiger partial charge in [-0.15, -0.1) is 0 Å². The van der Waals surface area contributed by atoms with Crippen LogP contribution in [0.1, 0.15) is 200 Å². The van der Waals surface area contributed by atoms with Crippen LogP contribution in [-0.2, 0) is 23.9 Å². The first-order valence-corrected chi connectivity index (χ1v) is 25.1. The molecule has 0 aliphatic rings. The van der Waals surface area contributed by atoms with Gasteiger partial charge in [-0.05, 0) is 116 Å². The summed E-state index contributed by atoms with van der Waals surface area (Å²) in [5, 5.41) is 22.6. The monoisotopic (exact) mass is 891 g/mol. The summed E-state index contributed by atoms with van der Waals surface area (Å²) in [6, 6.07) is -1.39. The number of carboxylic acid groups (broad SMARTS) is 1. The summed E-state index contributed by atoms with van der Waals surface area (Å²) in [7, 11) is 0. The number of carboxylic acids is 1. The molecule has 0 fully saturated rings. The predicted molar refractivity (Wildman–Crippen MR) is 268 cm³/mol. The van der Waals surface area contributed by atoms with Crippen molar-refractivity contribution < 1.29 is 34.1 Å². The quantitative estimate of drug-likeness (QED) is 0.0271. The van der Waals surface area contributed by atoms with Crippen LogP contribution in [0.3, 0.4) is 0 Å². The number of unbranched alkanes of at least 4 members (excludes halogenated alkanes) is 14. The molecular formula is C55H90N2O7. The van der Waals surface area contributed by atoms with E-state index in [4.69, 9.17) is 14.9 Å². The number of esters is 1. The molecule has 0 saturated carbocycles. The summed E-state index contributed by atoms with van der Waals surface area (Å²) < 4.78 is 6.02. The molecule has 2 amide bonds. The molecule has 0 aromatic rings. The van der Waals surface area contributed by atoms with E-state index in [-0.39, 0.29) is 30.9 Å². The average molecular weight is 891 g/mol. The number of carbonyl (C=O) groups excluding carboxylic acids is 3. The van der Waals surface area contributed by atoms with Crippen molar-refractivity contribution in [2.45, 2.75) is 212 Å². The lowest BCUT2D eigenvalue weighted by atomic mass is 10.0. The second-order valence-corrected chi connectivity index (χ2v) is 16.5. The number of amides is 2. The largest absolute Gasteiger partial charge is 0.480 e. The maximum Gasteiger partial charge on any atom is 0.328 e. The van der Waals surface area contributed by atoms with Gasteiger partial charge in [0.15, 0.2) is 0 Å². The number of hydrogen-bond donors (Lipinski definition) is 4. The van der Waals surface area contributed by atoms with Gasteiger partial charge < -0.3 is 25.6 Å². The average Bonchev–Trinajstić information content (AvgIpc) is 3.28. The van der Waals surface area contributed by atoms with Crippen LogP contribution in [0.25, 0.3) is 0 Å². The molecule has 0 spiro atoms. The van der Waals surface area contributed by atoms with Gasteiger partial charge >= 0.3 is 11.9 Å². The molecular weight excluding hydrogens is 801 g/mol. The molecule has 9 heteroatoms. The van der Waals surface area contributed by atoms with E-state index < -0.39 is 24.5 Å². The topological polar surface area (TPSA) is 142 Å².